The molecule has 0 radical (unpaired) electrons. The summed E-state index contributed by atoms with van der Waals surface area (Å²) in [6.07, 6.45) is 6.23. The van der Waals surface area contributed by atoms with Gasteiger partial charge in [-0.2, -0.15) is 0 Å². The number of aromatic nitrogens is 1. The van der Waals surface area contributed by atoms with Gasteiger partial charge in [0.15, 0.2) is 6.10 Å². The van der Waals surface area contributed by atoms with Gasteiger partial charge in [0.25, 0.3) is 5.91 Å². The maximum atomic E-state index is 12.6. The standard InChI is InChI=1S/C18H25N3O4/c1-9-14(15(19)25-21-9)17(23)24-10(2)16(22)20-18-6-11-3-12(7-18)5-13(4-11)8-18/h10-13H,3-8,19H2,1-2H3,(H,20,22)/t10-,11?,12?,13?,18?/m1/s1. The van der Waals surface area contributed by atoms with Crippen LogP contribution in [0.2, 0.25) is 0 Å². The van der Waals surface area contributed by atoms with Crippen LogP contribution in [0.3, 0.4) is 0 Å². The molecule has 3 N–H and O–H groups in total. The molecular formula is C18H25N3O4. The van der Waals surface area contributed by atoms with Crippen molar-refractivity contribution in [3.05, 3.63) is 11.3 Å². The summed E-state index contributed by atoms with van der Waals surface area (Å²) in [6.45, 7) is 3.20. The number of nitrogen functional groups attached to an aromatic ring is 1. The average Bonchev–Trinajstić information content (AvgIpc) is 2.84. The molecule has 4 fully saturated rings. The molecule has 1 aromatic heterocycles. The number of aryl methyl sites for hydroxylation is 1. The molecule has 0 saturated heterocycles. The Bertz CT molecular complexity index is 656. The third-order valence-electron chi connectivity index (χ3n) is 6.17. The highest BCUT2D eigenvalue weighted by Gasteiger charge is 2.51. The first kappa shape index (κ1) is 16.4. The van der Waals surface area contributed by atoms with E-state index in [1.54, 1.807) is 13.8 Å². The van der Waals surface area contributed by atoms with Crippen molar-refractivity contribution in [1.29, 1.82) is 0 Å². The van der Waals surface area contributed by atoms with E-state index in [0.717, 1.165) is 37.0 Å². The van der Waals surface area contributed by atoms with Gasteiger partial charge in [-0.05, 0) is 70.1 Å². The number of hydrogen-bond acceptors (Lipinski definition) is 6. The van der Waals surface area contributed by atoms with Crippen LogP contribution in [0, 0.1) is 24.7 Å². The van der Waals surface area contributed by atoms with Crippen molar-refractivity contribution in [1.82, 2.24) is 10.5 Å². The third kappa shape index (κ3) is 2.89. The third-order valence-corrected chi connectivity index (χ3v) is 6.17. The predicted octanol–water partition coefficient (Wildman–Crippen LogP) is 2.20. The minimum atomic E-state index is -0.880. The van der Waals surface area contributed by atoms with Crippen LogP contribution in [0.4, 0.5) is 5.88 Å². The molecule has 7 heteroatoms. The molecule has 0 aromatic carbocycles. The molecule has 136 valence electrons. The highest BCUT2D eigenvalue weighted by Crippen LogP contribution is 2.55. The van der Waals surface area contributed by atoms with Crippen LogP contribution in [-0.4, -0.2) is 28.7 Å². The van der Waals surface area contributed by atoms with Crippen molar-refractivity contribution in [2.45, 2.75) is 64.0 Å². The van der Waals surface area contributed by atoms with Crippen LogP contribution in [0.15, 0.2) is 4.52 Å². The molecule has 1 aromatic rings. The van der Waals surface area contributed by atoms with Gasteiger partial charge in [0.2, 0.25) is 5.88 Å². The van der Waals surface area contributed by atoms with E-state index in [1.807, 2.05) is 0 Å². The van der Waals surface area contributed by atoms with Gasteiger partial charge < -0.3 is 20.3 Å². The topological polar surface area (TPSA) is 107 Å². The number of ether oxygens (including phenoxy) is 1. The Morgan fingerprint density at radius 1 is 1.24 bits per heavy atom. The first-order valence-corrected chi connectivity index (χ1v) is 9.10. The number of amides is 1. The molecule has 4 bridgehead atoms. The lowest BCUT2D eigenvalue weighted by Crippen LogP contribution is -2.61. The monoisotopic (exact) mass is 347 g/mol. The number of anilines is 1. The van der Waals surface area contributed by atoms with Crippen LogP contribution < -0.4 is 11.1 Å². The number of carbonyl (C=O) groups is 2. The molecule has 0 spiro atoms. The van der Waals surface area contributed by atoms with Gasteiger partial charge in [-0.1, -0.05) is 5.16 Å². The maximum absolute atomic E-state index is 12.6. The number of nitrogens with one attached hydrogen (secondary N) is 1. The zero-order valence-corrected chi connectivity index (χ0v) is 14.7. The fourth-order valence-corrected chi connectivity index (χ4v) is 5.54. The van der Waals surface area contributed by atoms with Crippen molar-refractivity contribution in [3.8, 4) is 0 Å². The van der Waals surface area contributed by atoms with E-state index in [9.17, 15) is 9.59 Å². The SMILES string of the molecule is Cc1noc(N)c1C(=O)O[C@H](C)C(=O)NC12CC3CC(CC(C3)C1)C2. The lowest BCUT2D eigenvalue weighted by Gasteiger charge is -2.57. The Morgan fingerprint density at radius 3 is 2.28 bits per heavy atom. The Hall–Kier alpha value is -2.05. The summed E-state index contributed by atoms with van der Waals surface area (Å²) >= 11 is 0. The second-order valence-corrected chi connectivity index (χ2v) is 8.24. The zero-order chi connectivity index (χ0) is 17.8. The Morgan fingerprint density at radius 2 is 1.80 bits per heavy atom. The number of rotatable bonds is 4. The summed E-state index contributed by atoms with van der Waals surface area (Å²) in [4.78, 5) is 24.9. The summed E-state index contributed by atoms with van der Waals surface area (Å²) in [5.41, 5.74) is 5.95. The minimum Gasteiger partial charge on any atom is -0.449 e. The molecule has 1 heterocycles. The largest absolute Gasteiger partial charge is 0.449 e. The Kier molecular flexibility index (Phi) is 3.77. The van der Waals surface area contributed by atoms with E-state index < -0.39 is 12.1 Å². The van der Waals surface area contributed by atoms with Gasteiger partial charge in [-0.3, -0.25) is 4.79 Å². The molecule has 0 unspecified atom stereocenters. The number of nitrogens with two attached hydrogens (primary N) is 1. The van der Waals surface area contributed by atoms with E-state index in [4.69, 9.17) is 15.0 Å². The molecule has 0 aliphatic heterocycles. The highest BCUT2D eigenvalue weighted by molar-refractivity contribution is 5.96. The molecule has 4 aliphatic rings. The fraction of sp³-hybridized carbons (Fsp3) is 0.722. The summed E-state index contributed by atoms with van der Waals surface area (Å²) in [6, 6.07) is 0. The first-order valence-electron chi connectivity index (χ1n) is 9.10. The van der Waals surface area contributed by atoms with Gasteiger partial charge in [0, 0.05) is 5.54 Å². The number of esters is 1. The maximum Gasteiger partial charge on any atom is 0.346 e. The highest BCUT2D eigenvalue weighted by atomic mass is 16.5. The summed E-state index contributed by atoms with van der Waals surface area (Å²) in [7, 11) is 0. The van der Waals surface area contributed by atoms with E-state index in [2.05, 4.69) is 10.5 Å². The Balaban J connectivity index is 1.40. The van der Waals surface area contributed by atoms with Gasteiger partial charge in [0.1, 0.15) is 5.56 Å². The number of hydrogen-bond donors (Lipinski definition) is 2. The lowest BCUT2D eigenvalue weighted by molar-refractivity contribution is -0.134. The van der Waals surface area contributed by atoms with E-state index in [0.29, 0.717) is 5.69 Å². The van der Waals surface area contributed by atoms with Crippen LogP contribution >= 0.6 is 0 Å². The van der Waals surface area contributed by atoms with Crippen molar-refractivity contribution < 1.29 is 18.8 Å². The number of nitrogens with zero attached hydrogens (tertiary/aromatic N) is 1. The molecule has 4 saturated carbocycles. The second kappa shape index (κ2) is 5.75. The molecular weight excluding hydrogens is 322 g/mol. The molecule has 4 aliphatic carbocycles. The summed E-state index contributed by atoms with van der Waals surface area (Å²) in [5, 5.41) is 6.85. The van der Waals surface area contributed by atoms with Crippen LogP contribution in [0.25, 0.3) is 0 Å². The number of carbonyl (C=O) groups excluding carboxylic acids is 2. The predicted molar refractivity (Wildman–Crippen MR) is 89.6 cm³/mol. The zero-order valence-electron chi connectivity index (χ0n) is 14.7. The molecule has 7 nitrogen and oxygen atoms in total. The minimum absolute atomic E-state index is 0.0869. The van der Waals surface area contributed by atoms with Crippen molar-refractivity contribution in [3.63, 3.8) is 0 Å². The van der Waals surface area contributed by atoms with Crippen LogP contribution in [0.1, 0.15) is 61.5 Å². The van der Waals surface area contributed by atoms with E-state index in [-0.39, 0.29) is 22.9 Å². The van der Waals surface area contributed by atoms with Gasteiger partial charge in [0.05, 0.1) is 5.69 Å². The van der Waals surface area contributed by atoms with Gasteiger partial charge in [-0.15, -0.1) is 0 Å². The quantitative estimate of drug-likeness (QED) is 0.809. The van der Waals surface area contributed by atoms with Gasteiger partial charge >= 0.3 is 5.97 Å². The van der Waals surface area contributed by atoms with Crippen LogP contribution in [0.5, 0.6) is 0 Å². The molecule has 25 heavy (non-hydrogen) atoms. The molecule has 5 rings (SSSR count). The lowest BCUT2D eigenvalue weighted by atomic mass is 9.53. The van der Waals surface area contributed by atoms with E-state index >= 15 is 0 Å². The Labute approximate surface area is 146 Å². The summed E-state index contributed by atoms with van der Waals surface area (Å²) < 4.78 is 10.1. The van der Waals surface area contributed by atoms with Gasteiger partial charge in [-0.25, -0.2) is 4.79 Å². The van der Waals surface area contributed by atoms with Crippen molar-refractivity contribution in [2.75, 3.05) is 5.73 Å². The normalized spacial score (nSPS) is 33.9. The van der Waals surface area contributed by atoms with Crippen molar-refractivity contribution in [2.24, 2.45) is 17.8 Å². The smallest absolute Gasteiger partial charge is 0.346 e. The van der Waals surface area contributed by atoms with Crippen LogP contribution in [-0.2, 0) is 9.53 Å². The summed E-state index contributed by atoms with van der Waals surface area (Å²) in [5.74, 6) is 1.22. The average molecular weight is 347 g/mol. The van der Waals surface area contributed by atoms with E-state index in [1.165, 1.54) is 19.3 Å². The van der Waals surface area contributed by atoms with Crippen molar-refractivity contribution >= 4 is 17.8 Å². The molecule has 1 atom stereocenters. The second-order valence-electron chi connectivity index (χ2n) is 8.24. The fourth-order valence-electron chi connectivity index (χ4n) is 5.54. The first-order chi connectivity index (χ1) is 11.8. The molecule has 1 amide bonds.